The SMILES string of the molecule is CSc1ccc(-c2cc(CN[C@@]34C[C@@H]5C[C@@H](C[C@H]3C5)C4)no2)cc1. The van der Waals surface area contributed by atoms with Gasteiger partial charge >= 0.3 is 0 Å². The Morgan fingerprint density at radius 3 is 2.62 bits per heavy atom. The maximum atomic E-state index is 5.58. The Bertz CT molecular complexity index is 724. The molecule has 0 saturated heterocycles. The molecule has 126 valence electrons. The molecule has 24 heavy (non-hydrogen) atoms. The number of nitrogens with one attached hydrogen (secondary N) is 1. The van der Waals surface area contributed by atoms with E-state index in [4.69, 9.17) is 4.52 Å². The minimum atomic E-state index is 0.409. The molecule has 2 aromatic rings. The van der Waals surface area contributed by atoms with Gasteiger partial charge in [0, 0.05) is 28.6 Å². The van der Waals surface area contributed by atoms with Crippen molar-refractivity contribution >= 4 is 11.8 Å². The highest BCUT2D eigenvalue weighted by Gasteiger charge is 2.57. The van der Waals surface area contributed by atoms with Gasteiger partial charge in [-0.1, -0.05) is 17.3 Å². The average Bonchev–Trinajstić information content (AvgIpc) is 3.23. The van der Waals surface area contributed by atoms with Gasteiger partial charge in [0.05, 0.1) is 5.69 Å². The Hall–Kier alpha value is -1.26. The van der Waals surface area contributed by atoms with Crippen molar-refractivity contribution in [2.75, 3.05) is 6.26 Å². The lowest BCUT2D eigenvalue weighted by Gasteiger charge is -2.33. The van der Waals surface area contributed by atoms with Gasteiger partial charge in [-0.3, -0.25) is 0 Å². The second-order valence-corrected chi connectivity index (χ2v) is 8.84. The third-order valence-corrected chi connectivity index (χ3v) is 7.29. The van der Waals surface area contributed by atoms with E-state index in [1.54, 1.807) is 11.8 Å². The van der Waals surface area contributed by atoms with Crippen molar-refractivity contribution < 1.29 is 4.52 Å². The Balaban J connectivity index is 1.28. The zero-order valence-corrected chi connectivity index (χ0v) is 14.9. The van der Waals surface area contributed by atoms with Crippen LogP contribution in [0.3, 0.4) is 0 Å². The summed E-state index contributed by atoms with van der Waals surface area (Å²) in [5.74, 6) is 3.75. The van der Waals surface area contributed by atoms with Gasteiger partial charge in [0.25, 0.3) is 0 Å². The summed E-state index contributed by atoms with van der Waals surface area (Å²) < 4.78 is 5.58. The molecule has 1 aromatic carbocycles. The first-order valence-electron chi connectivity index (χ1n) is 9.09. The van der Waals surface area contributed by atoms with Crippen LogP contribution in [0.15, 0.2) is 39.8 Å². The van der Waals surface area contributed by atoms with Crippen LogP contribution < -0.4 is 5.32 Å². The van der Waals surface area contributed by atoms with Crippen molar-refractivity contribution in [3.8, 4) is 11.3 Å². The Labute approximate surface area is 147 Å². The topological polar surface area (TPSA) is 38.1 Å². The number of nitrogens with zero attached hydrogens (tertiary/aromatic N) is 1. The molecule has 1 heterocycles. The van der Waals surface area contributed by atoms with E-state index >= 15 is 0 Å². The maximum absolute atomic E-state index is 5.58. The summed E-state index contributed by atoms with van der Waals surface area (Å²) in [4.78, 5) is 1.27. The molecule has 1 aromatic heterocycles. The van der Waals surface area contributed by atoms with Crippen LogP contribution in [0.25, 0.3) is 11.3 Å². The highest BCUT2D eigenvalue weighted by atomic mass is 32.2. The van der Waals surface area contributed by atoms with Crippen molar-refractivity contribution in [3.05, 3.63) is 36.0 Å². The summed E-state index contributed by atoms with van der Waals surface area (Å²) in [5.41, 5.74) is 2.54. The number of benzene rings is 1. The number of thioether (sulfide) groups is 1. The van der Waals surface area contributed by atoms with Crippen LogP contribution in [-0.2, 0) is 6.54 Å². The molecule has 0 amide bonds. The lowest BCUT2D eigenvalue weighted by Crippen LogP contribution is -2.45. The van der Waals surface area contributed by atoms with Crippen molar-refractivity contribution in [2.24, 2.45) is 17.8 Å². The standard InChI is InChI=1S/C20H24N2OS/c1-24-18-4-2-15(3-5-18)19-9-17(22-23-19)12-21-20-10-13-6-14(11-20)8-16(20)7-13/h2-5,9,13-14,16,21H,6-8,10-12H2,1H3/t13-,14+,16-,20-. The predicted octanol–water partition coefficient (Wildman–Crippen LogP) is 4.73. The highest BCUT2D eigenvalue weighted by Crippen LogP contribution is 2.60. The van der Waals surface area contributed by atoms with Crippen molar-refractivity contribution in [1.29, 1.82) is 0 Å². The second kappa shape index (κ2) is 5.63. The first kappa shape index (κ1) is 15.0. The van der Waals surface area contributed by atoms with E-state index in [0.29, 0.717) is 5.54 Å². The normalized spacial score (nSPS) is 33.5. The lowest BCUT2D eigenvalue weighted by atomic mass is 9.80. The Morgan fingerprint density at radius 2 is 1.92 bits per heavy atom. The van der Waals surface area contributed by atoms with Crippen LogP contribution in [0.1, 0.15) is 37.8 Å². The highest BCUT2D eigenvalue weighted by molar-refractivity contribution is 7.98. The first-order valence-corrected chi connectivity index (χ1v) is 10.3. The number of hydrogen-bond donors (Lipinski definition) is 1. The largest absolute Gasteiger partial charge is 0.356 e. The third kappa shape index (κ3) is 2.42. The van der Waals surface area contributed by atoms with Gasteiger partial charge < -0.3 is 9.84 Å². The summed E-state index contributed by atoms with van der Waals surface area (Å²) >= 11 is 1.76. The molecule has 0 unspecified atom stereocenters. The van der Waals surface area contributed by atoms with E-state index in [-0.39, 0.29) is 0 Å². The number of aromatic nitrogens is 1. The summed E-state index contributed by atoms with van der Waals surface area (Å²) in [6.07, 6.45) is 9.25. The van der Waals surface area contributed by atoms with Gasteiger partial charge in [-0.2, -0.15) is 0 Å². The molecule has 4 bridgehead atoms. The Kier molecular flexibility index (Phi) is 3.53. The molecule has 1 N–H and O–H groups in total. The molecule has 4 aliphatic carbocycles. The molecule has 6 rings (SSSR count). The van der Waals surface area contributed by atoms with E-state index in [1.807, 2.05) is 0 Å². The van der Waals surface area contributed by atoms with Gasteiger partial charge in [0.1, 0.15) is 0 Å². The monoisotopic (exact) mass is 340 g/mol. The fraction of sp³-hybridized carbons (Fsp3) is 0.550. The van der Waals surface area contributed by atoms with Crippen LogP contribution in [0.2, 0.25) is 0 Å². The van der Waals surface area contributed by atoms with Crippen LogP contribution in [0.4, 0.5) is 0 Å². The predicted molar refractivity (Wildman–Crippen MR) is 96.8 cm³/mol. The van der Waals surface area contributed by atoms with E-state index < -0.39 is 0 Å². The van der Waals surface area contributed by atoms with Crippen molar-refractivity contribution in [2.45, 2.75) is 49.1 Å². The number of hydrogen-bond acceptors (Lipinski definition) is 4. The van der Waals surface area contributed by atoms with Gasteiger partial charge in [0.15, 0.2) is 5.76 Å². The summed E-state index contributed by atoms with van der Waals surface area (Å²) in [6.45, 7) is 0.836. The molecule has 4 aliphatic rings. The van der Waals surface area contributed by atoms with Gasteiger partial charge in [0.2, 0.25) is 0 Å². The fourth-order valence-electron chi connectivity index (χ4n) is 5.64. The van der Waals surface area contributed by atoms with Gasteiger partial charge in [-0.25, -0.2) is 0 Å². The van der Waals surface area contributed by atoms with Crippen molar-refractivity contribution in [3.63, 3.8) is 0 Å². The van der Waals surface area contributed by atoms with Crippen LogP contribution in [0.5, 0.6) is 0 Å². The fourth-order valence-corrected chi connectivity index (χ4v) is 6.05. The lowest BCUT2D eigenvalue weighted by molar-refractivity contribution is 0.231. The van der Waals surface area contributed by atoms with E-state index in [1.165, 1.54) is 37.0 Å². The summed E-state index contributed by atoms with van der Waals surface area (Å²) in [5, 5.41) is 8.19. The quantitative estimate of drug-likeness (QED) is 0.799. The molecular weight excluding hydrogens is 316 g/mol. The number of rotatable bonds is 5. The first-order chi connectivity index (χ1) is 11.7. The molecule has 4 heteroatoms. The molecule has 0 spiro atoms. The minimum Gasteiger partial charge on any atom is -0.356 e. The van der Waals surface area contributed by atoms with Crippen LogP contribution in [0, 0.1) is 17.8 Å². The molecular formula is C20H24N2OS. The van der Waals surface area contributed by atoms with Gasteiger partial charge in [-0.05, 0) is 68.2 Å². The second-order valence-electron chi connectivity index (χ2n) is 7.97. The molecule has 4 saturated carbocycles. The third-order valence-electron chi connectivity index (χ3n) is 6.54. The average molecular weight is 340 g/mol. The van der Waals surface area contributed by atoms with E-state index in [2.05, 4.69) is 47.1 Å². The molecule has 0 radical (unpaired) electrons. The molecule has 0 aliphatic heterocycles. The maximum Gasteiger partial charge on any atom is 0.167 e. The smallest absolute Gasteiger partial charge is 0.167 e. The van der Waals surface area contributed by atoms with Crippen molar-refractivity contribution in [1.82, 2.24) is 10.5 Å². The summed E-state index contributed by atoms with van der Waals surface area (Å²) in [6, 6.07) is 10.6. The molecule has 3 nitrogen and oxygen atoms in total. The molecule has 4 atom stereocenters. The zero-order valence-electron chi connectivity index (χ0n) is 14.1. The van der Waals surface area contributed by atoms with Crippen LogP contribution >= 0.6 is 11.8 Å². The van der Waals surface area contributed by atoms with Crippen LogP contribution in [-0.4, -0.2) is 17.0 Å². The minimum absolute atomic E-state index is 0.409. The van der Waals surface area contributed by atoms with E-state index in [0.717, 1.165) is 41.3 Å². The molecule has 4 fully saturated rings. The van der Waals surface area contributed by atoms with E-state index in [9.17, 15) is 0 Å². The van der Waals surface area contributed by atoms with Gasteiger partial charge in [-0.15, -0.1) is 11.8 Å². The summed E-state index contributed by atoms with van der Waals surface area (Å²) in [7, 11) is 0. The zero-order chi connectivity index (χ0) is 16.1. The Morgan fingerprint density at radius 1 is 1.17 bits per heavy atom.